The Balaban J connectivity index is 0.000000147. The Bertz CT molecular complexity index is 1420. The molecular formula is C38H42N2O6. The van der Waals surface area contributed by atoms with Gasteiger partial charge in [0.05, 0.1) is 26.4 Å². The van der Waals surface area contributed by atoms with Gasteiger partial charge in [-0.15, -0.1) is 0 Å². The lowest BCUT2D eigenvalue weighted by molar-refractivity contribution is 0.0341. The zero-order chi connectivity index (χ0) is 31.0. The van der Waals surface area contributed by atoms with Crippen LogP contribution in [0.2, 0.25) is 0 Å². The van der Waals surface area contributed by atoms with E-state index in [4.69, 9.17) is 28.4 Å². The molecule has 2 atom stereocenters. The van der Waals surface area contributed by atoms with Gasteiger partial charge in [-0.3, -0.25) is 9.80 Å². The summed E-state index contributed by atoms with van der Waals surface area (Å²) in [7, 11) is 0. The van der Waals surface area contributed by atoms with E-state index in [0.29, 0.717) is 13.2 Å². The second kappa shape index (κ2) is 15.0. The first-order valence-electron chi connectivity index (χ1n) is 16.3. The fraction of sp³-hybridized carbons (Fsp3) is 0.368. The summed E-state index contributed by atoms with van der Waals surface area (Å²) in [5.41, 5.74) is 4.97. The Morgan fingerprint density at radius 1 is 0.457 bits per heavy atom. The van der Waals surface area contributed by atoms with Crippen molar-refractivity contribution in [2.24, 2.45) is 0 Å². The third-order valence-electron chi connectivity index (χ3n) is 8.74. The molecule has 4 aromatic rings. The van der Waals surface area contributed by atoms with Gasteiger partial charge in [0.1, 0.15) is 13.2 Å². The van der Waals surface area contributed by atoms with Crippen LogP contribution in [0.1, 0.15) is 34.5 Å². The van der Waals surface area contributed by atoms with Gasteiger partial charge in [0.15, 0.2) is 35.2 Å². The lowest BCUT2D eigenvalue weighted by atomic mass is 10.1. The minimum absolute atomic E-state index is 0.0395. The molecule has 4 aliphatic rings. The van der Waals surface area contributed by atoms with Crippen molar-refractivity contribution in [2.75, 3.05) is 65.8 Å². The molecule has 4 heterocycles. The van der Waals surface area contributed by atoms with Crippen LogP contribution >= 0.6 is 0 Å². The van der Waals surface area contributed by atoms with Gasteiger partial charge in [-0.25, -0.2) is 0 Å². The highest BCUT2D eigenvalue weighted by atomic mass is 16.6. The number of hydrogen-bond donors (Lipinski definition) is 0. The SMILES string of the molecule is c1ccc2c(c1)OC[C@@H](c1ccc(CN3CCOCC3)cc1)O2.c1ccc2c(c1)OC[C@H](c1ccc(CN3CCOCC3)cc1)O2. The van der Waals surface area contributed by atoms with Crippen LogP contribution in [0, 0.1) is 0 Å². The summed E-state index contributed by atoms with van der Waals surface area (Å²) in [4.78, 5) is 4.85. The molecule has 0 aromatic heterocycles. The first kappa shape index (κ1) is 30.6. The smallest absolute Gasteiger partial charge is 0.162 e. The highest BCUT2D eigenvalue weighted by Gasteiger charge is 2.23. The molecule has 46 heavy (non-hydrogen) atoms. The molecule has 8 heteroatoms. The molecular weight excluding hydrogens is 580 g/mol. The topological polar surface area (TPSA) is 61.9 Å². The lowest BCUT2D eigenvalue weighted by Gasteiger charge is -2.28. The molecule has 0 unspecified atom stereocenters. The predicted molar refractivity (Wildman–Crippen MR) is 176 cm³/mol. The molecule has 2 saturated heterocycles. The molecule has 8 nitrogen and oxygen atoms in total. The van der Waals surface area contributed by atoms with Crippen molar-refractivity contribution < 1.29 is 28.4 Å². The number of morpholine rings is 2. The Labute approximate surface area is 271 Å². The maximum atomic E-state index is 6.06. The average Bonchev–Trinajstić information content (AvgIpc) is 3.13. The van der Waals surface area contributed by atoms with Crippen LogP contribution in [-0.2, 0) is 22.6 Å². The van der Waals surface area contributed by atoms with Gasteiger partial charge in [0.25, 0.3) is 0 Å². The summed E-state index contributed by atoms with van der Waals surface area (Å²) in [6.07, 6.45) is -0.0790. The first-order valence-corrected chi connectivity index (χ1v) is 16.3. The molecule has 0 radical (unpaired) electrons. The Hall–Kier alpha value is -4.08. The fourth-order valence-electron chi connectivity index (χ4n) is 6.08. The predicted octanol–water partition coefficient (Wildman–Crippen LogP) is 6.06. The zero-order valence-electron chi connectivity index (χ0n) is 26.2. The van der Waals surface area contributed by atoms with E-state index in [1.54, 1.807) is 0 Å². The molecule has 0 N–H and O–H groups in total. The van der Waals surface area contributed by atoms with E-state index >= 15 is 0 Å². The lowest BCUT2D eigenvalue weighted by Crippen LogP contribution is -2.35. The maximum Gasteiger partial charge on any atom is 0.162 e. The largest absolute Gasteiger partial charge is 0.485 e. The summed E-state index contributed by atoms with van der Waals surface area (Å²) in [5.74, 6) is 3.29. The summed E-state index contributed by atoms with van der Waals surface area (Å²) in [6.45, 7) is 10.5. The third kappa shape index (κ3) is 7.82. The molecule has 0 bridgehead atoms. The monoisotopic (exact) mass is 622 g/mol. The van der Waals surface area contributed by atoms with Crippen LogP contribution in [0.3, 0.4) is 0 Å². The molecule has 0 aliphatic carbocycles. The number of benzene rings is 4. The van der Waals surface area contributed by atoms with Crippen LogP contribution in [-0.4, -0.2) is 75.6 Å². The molecule has 0 amide bonds. The van der Waals surface area contributed by atoms with Gasteiger partial charge in [-0.2, -0.15) is 0 Å². The standard InChI is InChI=1S/2C19H21NO3/c2*1-2-4-18-17(3-1)22-14-19(23-18)16-7-5-15(6-8-16)13-20-9-11-21-12-10-20/h2*1-8,19H,9-14H2/t2*19-/m10/s1. The average molecular weight is 623 g/mol. The van der Waals surface area contributed by atoms with E-state index in [0.717, 1.165) is 99.8 Å². The molecule has 240 valence electrons. The van der Waals surface area contributed by atoms with Crippen molar-refractivity contribution in [2.45, 2.75) is 25.3 Å². The van der Waals surface area contributed by atoms with Crippen LogP contribution in [0.4, 0.5) is 0 Å². The number of rotatable bonds is 6. The summed E-state index contributed by atoms with van der Waals surface area (Å²) in [5, 5.41) is 0. The Kier molecular flexibility index (Phi) is 9.97. The van der Waals surface area contributed by atoms with Gasteiger partial charge in [0.2, 0.25) is 0 Å². The summed E-state index contributed by atoms with van der Waals surface area (Å²) >= 11 is 0. The molecule has 0 saturated carbocycles. The second-order valence-corrected chi connectivity index (χ2v) is 12.0. The van der Waals surface area contributed by atoms with E-state index in [9.17, 15) is 0 Å². The zero-order valence-corrected chi connectivity index (χ0v) is 26.2. The quantitative estimate of drug-likeness (QED) is 0.257. The number of nitrogens with zero attached hydrogens (tertiary/aromatic N) is 2. The highest BCUT2D eigenvalue weighted by Crippen LogP contribution is 2.37. The van der Waals surface area contributed by atoms with E-state index in [-0.39, 0.29) is 12.2 Å². The van der Waals surface area contributed by atoms with E-state index < -0.39 is 0 Å². The molecule has 0 spiro atoms. The maximum absolute atomic E-state index is 6.06. The van der Waals surface area contributed by atoms with Gasteiger partial charge >= 0.3 is 0 Å². The minimum atomic E-state index is -0.0395. The van der Waals surface area contributed by atoms with Crippen LogP contribution in [0.25, 0.3) is 0 Å². The number of ether oxygens (including phenoxy) is 6. The van der Waals surface area contributed by atoms with Gasteiger partial charge in [-0.05, 0) is 46.5 Å². The van der Waals surface area contributed by atoms with E-state index in [1.807, 2.05) is 48.5 Å². The Morgan fingerprint density at radius 3 is 1.22 bits per heavy atom. The first-order chi connectivity index (χ1) is 22.8. The van der Waals surface area contributed by atoms with Crippen molar-refractivity contribution >= 4 is 0 Å². The second-order valence-electron chi connectivity index (χ2n) is 12.0. The highest BCUT2D eigenvalue weighted by molar-refractivity contribution is 5.42. The van der Waals surface area contributed by atoms with E-state index in [2.05, 4.69) is 58.3 Å². The molecule has 4 aromatic carbocycles. The van der Waals surface area contributed by atoms with Gasteiger partial charge in [-0.1, -0.05) is 72.8 Å². The van der Waals surface area contributed by atoms with Gasteiger partial charge in [0, 0.05) is 39.3 Å². The van der Waals surface area contributed by atoms with Crippen molar-refractivity contribution in [3.8, 4) is 23.0 Å². The van der Waals surface area contributed by atoms with E-state index in [1.165, 1.54) is 11.1 Å². The van der Waals surface area contributed by atoms with Gasteiger partial charge < -0.3 is 28.4 Å². The normalized spacial score (nSPS) is 21.1. The fourth-order valence-corrected chi connectivity index (χ4v) is 6.08. The van der Waals surface area contributed by atoms with Crippen molar-refractivity contribution in [1.82, 2.24) is 9.80 Å². The van der Waals surface area contributed by atoms with Crippen LogP contribution in [0.15, 0.2) is 97.1 Å². The van der Waals surface area contributed by atoms with Crippen molar-refractivity contribution in [1.29, 1.82) is 0 Å². The minimum Gasteiger partial charge on any atom is -0.485 e. The number of para-hydroxylation sites is 4. The third-order valence-corrected chi connectivity index (χ3v) is 8.74. The molecule has 4 aliphatic heterocycles. The number of fused-ring (bicyclic) bond motifs is 2. The summed E-state index contributed by atoms with van der Waals surface area (Å²) in [6, 6.07) is 33.0. The van der Waals surface area contributed by atoms with Crippen LogP contribution in [0.5, 0.6) is 23.0 Å². The summed E-state index contributed by atoms with van der Waals surface area (Å²) < 4.78 is 34.5. The molecule has 8 rings (SSSR count). The number of hydrogen-bond acceptors (Lipinski definition) is 8. The van der Waals surface area contributed by atoms with Crippen molar-refractivity contribution in [3.05, 3.63) is 119 Å². The molecule has 2 fully saturated rings. The van der Waals surface area contributed by atoms with Crippen LogP contribution < -0.4 is 18.9 Å². The van der Waals surface area contributed by atoms with Crippen molar-refractivity contribution in [3.63, 3.8) is 0 Å². The Morgan fingerprint density at radius 2 is 0.826 bits per heavy atom.